The lowest BCUT2D eigenvalue weighted by Crippen LogP contribution is -2.17. The average Bonchev–Trinajstić information content (AvgIpc) is 2.61. The fourth-order valence-corrected chi connectivity index (χ4v) is 2.75. The van der Waals surface area contributed by atoms with Gasteiger partial charge in [0.25, 0.3) is 0 Å². The Morgan fingerprint density at radius 1 is 1.19 bits per heavy atom. The van der Waals surface area contributed by atoms with Crippen LogP contribution in [0.2, 0.25) is 0 Å². The van der Waals surface area contributed by atoms with Crippen molar-refractivity contribution in [3.8, 4) is 22.6 Å². The Morgan fingerprint density at radius 2 is 1.92 bits per heavy atom. The van der Waals surface area contributed by atoms with Crippen molar-refractivity contribution in [1.82, 2.24) is 0 Å². The van der Waals surface area contributed by atoms with Crippen molar-refractivity contribution in [2.24, 2.45) is 0 Å². The van der Waals surface area contributed by atoms with E-state index >= 15 is 0 Å². The Morgan fingerprint density at radius 3 is 2.62 bits per heavy atom. The minimum atomic E-state index is -0.771. The van der Waals surface area contributed by atoms with Gasteiger partial charge in [0.2, 0.25) is 5.43 Å². The standard InChI is InChI=1S/C20H17ClO5/c1-11(21)20(23)26-13-8-9-15-17(10-13)25-12(2)18(19(15)22)14-6-4-5-7-16(14)24-3/h4-11H,1-3H3. The maximum atomic E-state index is 13.0. The molecule has 134 valence electrons. The summed E-state index contributed by atoms with van der Waals surface area (Å²) in [6, 6.07) is 11.9. The van der Waals surface area contributed by atoms with E-state index in [-0.39, 0.29) is 11.2 Å². The van der Waals surface area contributed by atoms with Crippen molar-refractivity contribution in [3.63, 3.8) is 0 Å². The molecule has 2 aromatic carbocycles. The monoisotopic (exact) mass is 372 g/mol. The number of rotatable bonds is 4. The van der Waals surface area contributed by atoms with E-state index in [0.29, 0.717) is 33.6 Å². The van der Waals surface area contributed by atoms with Crippen LogP contribution in [-0.2, 0) is 4.79 Å². The van der Waals surface area contributed by atoms with Crippen LogP contribution in [-0.4, -0.2) is 18.5 Å². The van der Waals surface area contributed by atoms with Gasteiger partial charge in [0.15, 0.2) is 0 Å². The van der Waals surface area contributed by atoms with Crippen LogP contribution in [0.4, 0.5) is 0 Å². The summed E-state index contributed by atoms with van der Waals surface area (Å²) in [5.74, 6) is 0.725. The molecule has 6 heteroatoms. The summed E-state index contributed by atoms with van der Waals surface area (Å²) in [6.07, 6.45) is 0. The van der Waals surface area contributed by atoms with E-state index in [1.54, 1.807) is 26.2 Å². The van der Waals surface area contributed by atoms with E-state index in [9.17, 15) is 9.59 Å². The SMILES string of the molecule is COc1ccccc1-c1c(C)oc2cc(OC(=O)C(C)Cl)ccc2c1=O. The van der Waals surface area contributed by atoms with Gasteiger partial charge in [-0.15, -0.1) is 11.6 Å². The van der Waals surface area contributed by atoms with Crippen molar-refractivity contribution in [1.29, 1.82) is 0 Å². The van der Waals surface area contributed by atoms with E-state index in [0.717, 1.165) is 0 Å². The Kier molecular flexibility index (Phi) is 5.00. The molecular formula is C20H17ClO5. The van der Waals surface area contributed by atoms with Gasteiger partial charge < -0.3 is 13.9 Å². The summed E-state index contributed by atoms with van der Waals surface area (Å²) in [6.45, 7) is 3.23. The quantitative estimate of drug-likeness (QED) is 0.388. The van der Waals surface area contributed by atoms with E-state index in [4.69, 9.17) is 25.5 Å². The molecule has 0 N–H and O–H groups in total. The Bertz CT molecular complexity index is 1040. The minimum Gasteiger partial charge on any atom is -0.496 e. The van der Waals surface area contributed by atoms with E-state index in [1.165, 1.54) is 19.1 Å². The predicted octanol–water partition coefficient (Wildman–Crippen LogP) is 4.31. The fraction of sp³-hybridized carbons (Fsp3) is 0.200. The number of hydrogen-bond donors (Lipinski definition) is 0. The van der Waals surface area contributed by atoms with Gasteiger partial charge in [0, 0.05) is 11.6 Å². The zero-order valence-corrected chi connectivity index (χ0v) is 15.3. The molecule has 0 aliphatic heterocycles. The van der Waals surface area contributed by atoms with Gasteiger partial charge in [-0.25, -0.2) is 0 Å². The number of carbonyl (C=O) groups is 1. The van der Waals surface area contributed by atoms with Crippen molar-refractivity contribution < 1.29 is 18.7 Å². The number of esters is 1. The van der Waals surface area contributed by atoms with Gasteiger partial charge in [-0.05, 0) is 32.0 Å². The van der Waals surface area contributed by atoms with Crippen LogP contribution in [0, 0.1) is 6.92 Å². The normalized spacial score (nSPS) is 12.0. The molecular weight excluding hydrogens is 356 g/mol. The molecule has 0 fully saturated rings. The molecule has 3 rings (SSSR count). The number of benzene rings is 2. The topological polar surface area (TPSA) is 65.7 Å². The highest BCUT2D eigenvalue weighted by atomic mass is 35.5. The highest BCUT2D eigenvalue weighted by molar-refractivity contribution is 6.29. The number of methoxy groups -OCH3 is 1. The van der Waals surface area contributed by atoms with Crippen molar-refractivity contribution in [3.05, 3.63) is 58.4 Å². The van der Waals surface area contributed by atoms with Crippen LogP contribution in [0.3, 0.4) is 0 Å². The molecule has 0 saturated carbocycles. The molecule has 0 amide bonds. The molecule has 1 aromatic heterocycles. The number of carbonyl (C=O) groups excluding carboxylic acids is 1. The molecule has 1 atom stereocenters. The molecule has 1 heterocycles. The lowest BCUT2D eigenvalue weighted by atomic mass is 10.0. The van der Waals surface area contributed by atoms with E-state index in [1.807, 2.05) is 18.2 Å². The van der Waals surface area contributed by atoms with Gasteiger partial charge in [0.1, 0.15) is 28.2 Å². The number of fused-ring (bicyclic) bond motifs is 1. The lowest BCUT2D eigenvalue weighted by molar-refractivity contribution is -0.133. The van der Waals surface area contributed by atoms with Crippen LogP contribution in [0.15, 0.2) is 51.7 Å². The summed E-state index contributed by atoms with van der Waals surface area (Å²) in [5, 5.41) is -0.386. The van der Waals surface area contributed by atoms with Gasteiger partial charge >= 0.3 is 5.97 Å². The van der Waals surface area contributed by atoms with Gasteiger partial charge in [0.05, 0.1) is 18.1 Å². The maximum Gasteiger partial charge on any atom is 0.329 e. The minimum absolute atomic E-state index is 0.183. The molecule has 0 radical (unpaired) electrons. The molecule has 5 nitrogen and oxygen atoms in total. The molecule has 0 aliphatic rings. The summed E-state index contributed by atoms with van der Waals surface area (Å²) in [4.78, 5) is 24.6. The number of aryl methyl sites for hydroxylation is 1. The Hall–Kier alpha value is -2.79. The first-order chi connectivity index (χ1) is 12.4. The van der Waals surface area contributed by atoms with Crippen LogP contribution < -0.4 is 14.9 Å². The van der Waals surface area contributed by atoms with Crippen LogP contribution in [0.25, 0.3) is 22.1 Å². The molecule has 0 spiro atoms. The first kappa shape index (κ1) is 18.0. The molecule has 1 unspecified atom stereocenters. The Labute approximate surface area is 155 Å². The van der Waals surface area contributed by atoms with Crippen LogP contribution in [0.5, 0.6) is 11.5 Å². The molecule has 26 heavy (non-hydrogen) atoms. The highest BCUT2D eigenvalue weighted by Crippen LogP contribution is 2.32. The third-order valence-corrected chi connectivity index (χ3v) is 4.14. The third kappa shape index (κ3) is 3.30. The van der Waals surface area contributed by atoms with Crippen molar-refractivity contribution >= 4 is 28.5 Å². The summed E-state index contributed by atoms with van der Waals surface area (Å²) in [7, 11) is 1.55. The first-order valence-electron chi connectivity index (χ1n) is 7.99. The highest BCUT2D eigenvalue weighted by Gasteiger charge is 2.18. The van der Waals surface area contributed by atoms with Crippen LogP contribution >= 0.6 is 11.6 Å². The van der Waals surface area contributed by atoms with Gasteiger partial charge in [-0.3, -0.25) is 9.59 Å². The predicted molar refractivity (Wildman–Crippen MR) is 100 cm³/mol. The molecule has 0 aliphatic carbocycles. The maximum absolute atomic E-state index is 13.0. The van der Waals surface area contributed by atoms with Crippen molar-refractivity contribution in [2.45, 2.75) is 19.2 Å². The van der Waals surface area contributed by atoms with Crippen molar-refractivity contribution in [2.75, 3.05) is 7.11 Å². The molecule has 0 bridgehead atoms. The van der Waals surface area contributed by atoms with Crippen LogP contribution in [0.1, 0.15) is 12.7 Å². The number of hydrogen-bond acceptors (Lipinski definition) is 5. The van der Waals surface area contributed by atoms with E-state index in [2.05, 4.69) is 0 Å². The third-order valence-electron chi connectivity index (χ3n) is 3.96. The largest absolute Gasteiger partial charge is 0.496 e. The summed E-state index contributed by atoms with van der Waals surface area (Å²) >= 11 is 5.70. The first-order valence-corrected chi connectivity index (χ1v) is 8.42. The molecule has 0 saturated heterocycles. The van der Waals surface area contributed by atoms with Gasteiger partial charge in [-0.2, -0.15) is 0 Å². The van der Waals surface area contributed by atoms with E-state index < -0.39 is 11.3 Å². The summed E-state index contributed by atoms with van der Waals surface area (Å²) in [5.41, 5.74) is 1.25. The fourth-order valence-electron chi connectivity index (χ4n) is 2.71. The number of ether oxygens (including phenoxy) is 2. The number of alkyl halides is 1. The number of halogens is 1. The second-order valence-electron chi connectivity index (χ2n) is 5.76. The summed E-state index contributed by atoms with van der Waals surface area (Å²) < 4.78 is 16.3. The average molecular weight is 373 g/mol. The second kappa shape index (κ2) is 7.22. The number of para-hydroxylation sites is 1. The Balaban J connectivity index is 2.15. The molecule has 3 aromatic rings. The lowest BCUT2D eigenvalue weighted by Gasteiger charge is -2.11. The zero-order chi connectivity index (χ0) is 18.8. The second-order valence-corrected chi connectivity index (χ2v) is 6.41. The zero-order valence-electron chi connectivity index (χ0n) is 14.5. The smallest absolute Gasteiger partial charge is 0.329 e. The van der Waals surface area contributed by atoms with Gasteiger partial charge in [-0.1, -0.05) is 18.2 Å².